The van der Waals surface area contributed by atoms with Crippen molar-refractivity contribution in [1.29, 1.82) is 0 Å². The largest absolute Gasteiger partial charge is 0.311 e. The molecule has 0 aliphatic rings. The molecule has 2 rings (SSSR count). The van der Waals surface area contributed by atoms with E-state index in [-0.39, 0.29) is 0 Å². The van der Waals surface area contributed by atoms with Crippen molar-refractivity contribution in [3.8, 4) is 0 Å². The molecule has 1 aromatic heterocycles. The van der Waals surface area contributed by atoms with Crippen LogP contribution in [0.3, 0.4) is 0 Å². The minimum Gasteiger partial charge on any atom is -0.311 e. The average molecular weight is 284 g/mol. The SMILES string of the molecule is CCNCc1ccn(Cc2c(Cl)cccc2Cl)n1. The summed E-state index contributed by atoms with van der Waals surface area (Å²) >= 11 is 12.3. The monoisotopic (exact) mass is 283 g/mol. The van der Waals surface area contributed by atoms with E-state index in [4.69, 9.17) is 23.2 Å². The number of hydrogen-bond acceptors (Lipinski definition) is 2. The Labute approximate surface area is 117 Å². The van der Waals surface area contributed by atoms with Crippen molar-refractivity contribution in [3.05, 3.63) is 51.8 Å². The average Bonchev–Trinajstić information content (AvgIpc) is 2.79. The van der Waals surface area contributed by atoms with Gasteiger partial charge in [-0.1, -0.05) is 36.2 Å². The Morgan fingerprint density at radius 2 is 1.94 bits per heavy atom. The van der Waals surface area contributed by atoms with Crippen LogP contribution < -0.4 is 5.32 Å². The number of rotatable bonds is 5. The molecule has 0 atom stereocenters. The first-order valence-electron chi connectivity index (χ1n) is 5.86. The fraction of sp³-hybridized carbons (Fsp3) is 0.308. The third-order valence-corrected chi connectivity index (χ3v) is 3.34. The maximum absolute atomic E-state index is 6.13. The van der Waals surface area contributed by atoms with Crippen molar-refractivity contribution in [3.63, 3.8) is 0 Å². The highest BCUT2D eigenvalue weighted by molar-refractivity contribution is 6.35. The van der Waals surface area contributed by atoms with Gasteiger partial charge in [0.15, 0.2) is 0 Å². The van der Waals surface area contributed by atoms with Gasteiger partial charge in [-0.2, -0.15) is 5.10 Å². The molecular formula is C13H15Cl2N3. The number of nitrogens with one attached hydrogen (secondary N) is 1. The van der Waals surface area contributed by atoms with Crippen LogP contribution in [0.25, 0.3) is 0 Å². The summed E-state index contributed by atoms with van der Waals surface area (Å²) in [5.74, 6) is 0. The number of aromatic nitrogens is 2. The van der Waals surface area contributed by atoms with Gasteiger partial charge in [0, 0.05) is 28.4 Å². The second kappa shape index (κ2) is 6.23. The molecule has 96 valence electrons. The third kappa shape index (κ3) is 3.25. The first kappa shape index (κ1) is 13.4. The molecule has 0 radical (unpaired) electrons. The van der Waals surface area contributed by atoms with Crippen LogP contribution in [0.1, 0.15) is 18.2 Å². The number of hydrogen-bond donors (Lipinski definition) is 1. The topological polar surface area (TPSA) is 29.9 Å². The van der Waals surface area contributed by atoms with E-state index in [0.717, 1.165) is 24.3 Å². The van der Waals surface area contributed by atoms with Gasteiger partial charge in [-0.3, -0.25) is 4.68 Å². The molecule has 1 heterocycles. The van der Waals surface area contributed by atoms with Gasteiger partial charge in [-0.25, -0.2) is 0 Å². The van der Waals surface area contributed by atoms with Crippen LogP contribution in [0.4, 0.5) is 0 Å². The fourth-order valence-electron chi connectivity index (χ4n) is 1.68. The van der Waals surface area contributed by atoms with E-state index in [1.165, 1.54) is 0 Å². The van der Waals surface area contributed by atoms with Crippen molar-refractivity contribution < 1.29 is 0 Å². The number of benzene rings is 1. The van der Waals surface area contributed by atoms with Crippen molar-refractivity contribution in [1.82, 2.24) is 15.1 Å². The van der Waals surface area contributed by atoms with Gasteiger partial charge < -0.3 is 5.32 Å². The van der Waals surface area contributed by atoms with Gasteiger partial charge in [-0.15, -0.1) is 0 Å². The lowest BCUT2D eigenvalue weighted by Crippen LogP contribution is -2.12. The molecule has 5 heteroatoms. The second-order valence-electron chi connectivity index (χ2n) is 3.99. The molecule has 0 bridgehead atoms. The standard InChI is InChI=1S/C13H15Cl2N3/c1-2-16-8-10-6-7-18(17-10)9-11-12(14)4-3-5-13(11)15/h3-7,16H,2,8-9H2,1H3. The zero-order valence-electron chi connectivity index (χ0n) is 10.2. The molecular weight excluding hydrogens is 269 g/mol. The third-order valence-electron chi connectivity index (χ3n) is 2.63. The maximum Gasteiger partial charge on any atom is 0.0762 e. The molecule has 1 aromatic carbocycles. The molecule has 0 amide bonds. The lowest BCUT2D eigenvalue weighted by Gasteiger charge is -2.06. The Kier molecular flexibility index (Phi) is 4.64. The van der Waals surface area contributed by atoms with E-state index in [1.807, 2.05) is 35.1 Å². The van der Waals surface area contributed by atoms with Gasteiger partial charge in [0.2, 0.25) is 0 Å². The summed E-state index contributed by atoms with van der Waals surface area (Å²) in [7, 11) is 0. The van der Waals surface area contributed by atoms with Gasteiger partial charge >= 0.3 is 0 Å². The molecule has 1 N–H and O–H groups in total. The van der Waals surface area contributed by atoms with E-state index in [0.29, 0.717) is 16.6 Å². The van der Waals surface area contributed by atoms with E-state index < -0.39 is 0 Å². The van der Waals surface area contributed by atoms with Crippen LogP contribution >= 0.6 is 23.2 Å². The summed E-state index contributed by atoms with van der Waals surface area (Å²) in [4.78, 5) is 0. The Balaban J connectivity index is 2.11. The minimum atomic E-state index is 0.588. The molecule has 18 heavy (non-hydrogen) atoms. The van der Waals surface area contributed by atoms with Gasteiger partial charge in [0.05, 0.1) is 12.2 Å². The zero-order chi connectivity index (χ0) is 13.0. The van der Waals surface area contributed by atoms with Crippen LogP contribution in [-0.4, -0.2) is 16.3 Å². The summed E-state index contributed by atoms with van der Waals surface area (Å²) in [5, 5.41) is 9.04. The predicted molar refractivity (Wildman–Crippen MR) is 75.2 cm³/mol. The highest BCUT2D eigenvalue weighted by Crippen LogP contribution is 2.24. The van der Waals surface area contributed by atoms with Crippen LogP contribution in [0.15, 0.2) is 30.5 Å². The highest BCUT2D eigenvalue weighted by Gasteiger charge is 2.07. The van der Waals surface area contributed by atoms with Gasteiger partial charge in [-0.05, 0) is 24.7 Å². The lowest BCUT2D eigenvalue weighted by molar-refractivity contribution is 0.644. The highest BCUT2D eigenvalue weighted by atomic mass is 35.5. The van der Waals surface area contributed by atoms with Crippen molar-refractivity contribution in [2.24, 2.45) is 0 Å². The maximum atomic E-state index is 6.13. The molecule has 0 aliphatic carbocycles. The Morgan fingerprint density at radius 1 is 1.22 bits per heavy atom. The van der Waals surface area contributed by atoms with Gasteiger partial charge in [0.25, 0.3) is 0 Å². The van der Waals surface area contributed by atoms with Crippen molar-refractivity contribution in [2.75, 3.05) is 6.54 Å². The first-order valence-corrected chi connectivity index (χ1v) is 6.62. The Bertz CT molecular complexity index is 502. The smallest absolute Gasteiger partial charge is 0.0762 e. The van der Waals surface area contributed by atoms with E-state index in [1.54, 1.807) is 0 Å². The Hall–Kier alpha value is -1.03. The van der Waals surface area contributed by atoms with Crippen molar-refractivity contribution >= 4 is 23.2 Å². The summed E-state index contributed by atoms with van der Waals surface area (Å²) < 4.78 is 1.85. The minimum absolute atomic E-state index is 0.588. The first-order chi connectivity index (χ1) is 8.70. The predicted octanol–water partition coefficient (Wildman–Crippen LogP) is 3.35. The van der Waals surface area contributed by atoms with Crippen LogP contribution in [0, 0.1) is 0 Å². The molecule has 3 nitrogen and oxygen atoms in total. The summed E-state index contributed by atoms with van der Waals surface area (Å²) in [6, 6.07) is 7.51. The van der Waals surface area contributed by atoms with Crippen molar-refractivity contribution in [2.45, 2.75) is 20.0 Å². The quantitative estimate of drug-likeness (QED) is 0.912. The van der Waals surface area contributed by atoms with Crippen LogP contribution in [0.5, 0.6) is 0 Å². The molecule has 2 aromatic rings. The molecule has 0 aliphatic heterocycles. The zero-order valence-corrected chi connectivity index (χ0v) is 11.7. The summed E-state index contributed by atoms with van der Waals surface area (Å²) in [6.45, 7) is 4.37. The number of nitrogens with zero attached hydrogens (tertiary/aromatic N) is 2. The summed E-state index contributed by atoms with van der Waals surface area (Å²) in [6.07, 6.45) is 1.94. The molecule has 0 unspecified atom stereocenters. The lowest BCUT2D eigenvalue weighted by atomic mass is 10.2. The van der Waals surface area contributed by atoms with Gasteiger partial charge in [0.1, 0.15) is 0 Å². The Morgan fingerprint density at radius 3 is 2.61 bits per heavy atom. The van der Waals surface area contributed by atoms with Crippen LogP contribution in [-0.2, 0) is 13.1 Å². The summed E-state index contributed by atoms with van der Waals surface area (Å²) in [5.41, 5.74) is 1.92. The molecule has 0 fully saturated rings. The normalized spacial score (nSPS) is 10.8. The van der Waals surface area contributed by atoms with E-state index in [2.05, 4.69) is 17.3 Å². The molecule has 0 saturated carbocycles. The van der Waals surface area contributed by atoms with Crippen LogP contribution in [0.2, 0.25) is 10.0 Å². The van der Waals surface area contributed by atoms with E-state index >= 15 is 0 Å². The molecule has 0 saturated heterocycles. The fourth-order valence-corrected chi connectivity index (χ4v) is 2.20. The second-order valence-corrected chi connectivity index (χ2v) is 4.80. The number of halogens is 2. The molecule has 0 spiro atoms. The van der Waals surface area contributed by atoms with E-state index in [9.17, 15) is 0 Å².